The summed E-state index contributed by atoms with van der Waals surface area (Å²) in [6, 6.07) is 20.5. The third-order valence-electron chi connectivity index (χ3n) is 3.26. The molecule has 0 amide bonds. The number of carbonyl (C=O) groups excluding carboxylic acids is 1. The SMILES string of the molecule is O=C(COc1cccc(Cl)c1)c1cccc2ccccc12. The van der Waals surface area contributed by atoms with Gasteiger partial charge < -0.3 is 4.74 Å². The van der Waals surface area contributed by atoms with Crippen molar-refractivity contribution in [2.45, 2.75) is 0 Å². The molecule has 0 N–H and O–H groups in total. The zero-order valence-electron chi connectivity index (χ0n) is 11.3. The highest BCUT2D eigenvalue weighted by atomic mass is 35.5. The fraction of sp³-hybridized carbons (Fsp3) is 0.0556. The van der Waals surface area contributed by atoms with Crippen LogP contribution in [0.4, 0.5) is 0 Å². The standard InChI is InChI=1S/C18H13ClO2/c19-14-7-4-8-15(11-14)21-12-18(20)17-10-3-6-13-5-1-2-9-16(13)17/h1-11H,12H2. The number of hydrogen-bond donors (Lipinski definition) is 0. The summed E-state index contributed by atoms with van der Waals surface area (Å²) in [5, 5.41) is 2.58. The average molecular weight is 297 g/mol. The molecule has 0 aliphatic carbocycles. The minimum absolute atomic E-state index is 0.00561. The van der Waals surface area contributed by atoms with Gasteiger partial charge in [-0.1, -0.05) is 60.1 Å². The smallest absolute Gasteiger partial charge is 0.200 e. The Labute approximate surface area is 127 Å². The highest BCUT2D eigenvalue weighted by Crippen LogP contribution is 2.20. The molecule has 0 radical (unpaired) electrons. The molecule has 0 spiro atoms. The normalized spacial score (nSPS) is 10.5. The van der Waals surface area contributed by atoms with E-state index in [1.165, 1.54) is 0 Å². The van der Waals surface area contributed by atoms with E-state index in [2.05, 4.69) is 0 Å². The summed E-state index contributed by atoms with van der Waals surface area (Å²) in [4.78, 5) is 12.4. The number of ketones is 1. The molecule has 0 saturated carbocycles. The molecule has 3 aromatic rings. The summed E-state index contributed by atoms with van der Waals surface area (Å²) >= 11 is 5.89. The minimum Gasteiger partial charge on any atom is -0.485 e. The monoisotopic (exact) mass is 296 g/mol. The molecule has 3 rings (SSSR count). The Morgan fingerprint density at radius 1 is 0.952 bits per heavy atom. The number of rotatable bonds is 4. The van der Waals surface area contributed by atoms with Gasteiger partial charge in [-0.3, -0.25) is 4.79 Å². The summed E-state index contributed by atoms with van der Waals surface area (Å²) in [5.41, 5.74) is 0.676. The van der Waals surface area contributed by atoms with Crippen LogP contribution >= 0.6 is 11.6 Å². The van der Waals surface area contributed by atoms with Crippen LogP contribution in [0.3, 0.4) is 0 Å². The quantitative estimate of drug-likeness (QED) is 0.649. The second-order valence-corrected chi connectivity index (χ2v) is 5.13. The molecule has 0 atom stereocenters. The lowest BCUT2D eigenvalue weighted by atomic mass is 10.0. The van der Waals surface area contributed by atoms with Crippen molar-refractivity contribution in [2.75, 3.05) is 6.61 Å². The van der Waals surface area contributed by atoms with Crippen LogP contribution in [-0.4, -0.2) is 12.4 Å². The molecule has 21 heavy (non-hydrogen) atoms. The van der Waals surface area contributed by atoms with E-state index in [-0.39, 0.29) is 12.4 Å². The lowest BCUT2D eigenvalue weighted by molar-refractivity contribution is 0.0923. The Hall–Kier alpha value is -2.32. The van der Waals surface area contributed by atoms with Crippen molar-refractivity contribution >= 4 is 28.2 Å². The first-order chi connectivity index (χ1) is 10.2. The number of halogens is 1. The van der Waals surface area contributed by atoms with Gasteiger partial charge in [0.2, 0.25) is 5.78 Å². The highest BCUT2D eigenvalue weighted by Gasteiger charge is 2.10. The van der Waals surface area contributed by atoms with Crippen LogP contribution in [0.2, 0.25) is 5.02 Å². The van der Waals surface area contributed by atoms with Crippen molar-refractivity contribution in [3.05, 3.63) is 77.3 Å². The fourth-order valence-corrected chi connectivity index (χ4v) is 2.43. The van der Waals surface area contributed by atoms with Gasteiger partial charge in [0.1, 0.15) is 5.75 Å². The maximum atomic E-state index is 12.4. The van der Waals surface area contributed by atoms with Crippen LogP contribution in [0.5, 0.6) is 5.75 Å². The molecule has 0 aromatic heterocycles. The minimum atomic E-state index is -0.0493. The van der Waals surface area contributed by atoms with Gasteiger partial charge in [0, 0.05) is 10.6 Å². The topological polar surface area (TPSA) is 26.3 Å². The van der Waals surface area contributed by atoms with E-state index >= 15 is 0 Å². The molecule has 104 valence electrons. The first kappa shape index (κ1) is 13.7. The molecule has 3 heteroatoms. The van der Waals surface area contributed by atoms with Crippen LogP contribution in [0.25, 0.3) is 10.8 Å². The van der Waals surface area contributed by atoms with Gasteiger partial charge in [0.15, 0.2) is 6.61 Å². The van der Waals surface area contributed by atoms with Crippen LogP contribution < -0.4 is 4.74 Å². The third-order valence-corrected chi connectivity index (χ3v) is 3.49. The zero-order valence-corrected chi connectivity index (χ0v) is 12.0. The molecule has 0 bridgehead atoms. The van der Waals surface area contributed by atoms with Crippen LogP contribution in [-0.2, 0) is 0 Å². The van der Waals surface area contributed by atoms with E-state index in [9.17, 15) is 4.79 Å². The van der Waals surface area contributed by atoms with Crippen LogP contribution in [0, 0.1) is 0 Å². The molecular formula is C18H13ClO2. The number of carbonyl (C=O) groups is 1. The molecule has 0 aliphatic rings. The van der Waals surface area contributed by atoms with Gasteiger partial charge in [-0.25, -0.2) is 0 Å². The molecule has 0 unspecified atom stereocenters. The predicted molar refractivity (Wildman–Crippen MR) is 85.2 cm³/mol. The molecular weight excluding hydrogens is 284 g/mol. The fourth-order valence-electron chi connectivity index (χ4n) is 2.25. The van der Waals surface area contributed by atoms with Gasteiger partial charge in [-0.2, -0.15) is 0 Å². The molecule has 0 saturated heterocycles. The van der Waals surface area contributed by atoms with E-state index in [1.807, 2.05) is 42.5 Å². The maximum absolute atomic E-state index is 12.4. The lowest BCUT2D eigenvalue weighted by Crippen LogP contribution is -2.12. The summed E-state index contributed by atoms with van der Waals surface area (Å²) in [5.74, 6) is 0.544. The average Bonchev–Trinajstić information content (AvgIpc) is 2.52. The van der Waals surface area contributed by atoms with Gasteiger partial charge in [-0.05, 0) is 29.0 Å². The van der Waals surface area contributed by atoms with Gasteiger partial charge in [-0.15, -0.1) is 0 Å². The molecule has 3 aromatic carbocycles. The molecule has 0 heterocycles. The predicted octanol–water partition coefficient (Wildman–Crippen LogP) is 4.75. The summed E-state index contributed by atoms with van der Waals surface area (Å²) in [7, 11) is 0. The van der Waals surface area contributed by atoms with E-state index in [0.29, 0.717) is 16.3 Å². The van der Waals surface area contributed by atoms with E-state index < -0.39 is 0 Å². The van der Waals surface area contributed by atoms with E-state index in [0.717, 1.165) is 10.8 Å². The van der Waals surface area contributed by atoms with Crippen molar-refractivity contribution in [1.82, 2.24) is 0 Å². The largest absolute Gasteiger partial charge is 0.485 e. The number of fused-ring (bicyclic) bond motifs is 1. The summed E-state index contributed by atoms with van der Waals surface area (Å²) < 4.78 is 5.52. The van der Waals surface area contributed by atoms with Crippen molar-refractivity contribution in [2.24, 2.45) is 0 Å². The number of Topliss-reactive ketones (excluding diaryl/α,β-unsaturated/α-hetero) is 1. The van der Waals surface area contributed by atoms with Crippen molar-refractivity contribution < 1.29 is 9.53 Å². The number of benzene rings is 3. The van der Waals surface area contributed by atoms with Gasteiger partial charge >= 0.3 is 0 Å². The van der Waals surface area contributed by atoms with Crippen molar-refractivity contribution in [3.63, 3.8) is 0 Å². The number of hydrogen-bond acceptors (Lipinski definition) is 2. The Balaban J connectivity index is 1.81. The van der Waals surface area contributed by atoms with Gasteiger partial charge in [0.25, 0.3) is 0 Å². The number of ether oxygens (including phenoxy) is 1. The Bertz CT molecular complexity index is 791. The molecule has 2 nitrogen and oxygen atoms in total. The van der Waals surface area contributed by atoms with E-state index in [4.69, 9.17) is 16.3 Å². The molecule has 0 fully saturated rings. The first-order valence-corrected chi connectivity index (χ1v) is 7.01. The third kappa shape index (κ3) is 3.06. The molecule has 0 aliphatic heterocycles. The highest BCUT2D eigenvalue weighted by molar-refractivity contribution is 6.30. The summed E-state index contributed by atoms with van der Waals surface area (Å²) in [6.07, 6.45) is 0. The Morgan fingerprint density at radius 2 is 1.71 bits per heavy atom. The maximum Gasteiger partial charge on any atom is 0.200 e. The second kappa shape index (κ2) is 5.98. The van der Waals surface area contributed by atoms with E-state index in [1.54, 1.807) is 24.3 Å². The van der Waals surface area contributed by atoms with Crippen molar-refractivity contribution in [1.29, 1.82) is 0 Å². The van der Waals surface area contributed by atoms with Crippen molar-refractivity contribution in [3.8, 4) is 5.75 Å². The van der Waals surface area contributed by atoms with Crippen LogP contribution in [0.15, 0.2) is 66.7 Å². The van der Waals surface area contributed by atoms with Crippen LogP contribution in [0.1, 0.15) is 10.4 Å². The zero-order chi connectivity index (χ0) is 14.7. The summed E-state index contributed by atoms with van der Waals surface area (Å²) in [6.45, 7) is -0.00561. The Kier molecular flexibility index (Phi) is 3.89. The first-order valence-electron chi connectivity index (χ1n) is 6.63. The Morgan fingerprint density at radius 3 is 2.57 bits per heavy atom. The lowest BCUT2D eigenvalue weighted by Gasteiger charge is -2.08. The second-order valence-electron chi connectivity index (χ2n) is 4.70. The van der Waals surface area contributed by atoms with Gasteiger partial charge in [0.05, 0.1) is 0 Å².